The minimum Gasteiger partial charge on any atom is -0.459 e. The Bertz CT molecular complexity index is 655. The van der Waals surface area contributed by atoms with Gasteiger partial charge in [-0.15, -0.1) is 0 Å². The number of hydrogen-bond donors (Lipinski definition) is 1. The van der Waals surface area contributed by atoms with Gasteiger partial charge in [0.05, 0.1) is 6.26 Å². The van der Waals surface area contributed by atoms with Crippen LogP contribution in [0.5, 0.6) is 0 Å². The Kier molecular flexibility index (Phi) is 4.99. The average molecular weight is 300 g/mol. The Labute approximate surface area is 129 Å². The highest BCUT2D eigenvalue weighted by Gasteiger charge is 2.14. The number of amides is 2. The van der Waals surface area contributed by atoms with Crippen molar-refractivity contribution in [3.05, 3.63) is 53.5 Å². The molecule has 0 bridgehead atoms. The van der Waals surface area contributed by atoms with Crippen LogP contribution in [0.15, 0.2) is 41.0 Å². The van der Waals surface area contributed by atoms with E-state index in [1.165, 1.54) is 6.26 Å². The summed E-state index contributed by atoms with van der Waals surface area (Å²) in [5.74, 6) is -0.0154. The van der Waals surface area contributed by atoms with Gasteiger partial charge in [0.15, 0.2) is 5.76 Å². The quantitative estimate of drug-likeness (QED) is 0.921. The van der Waals surface area contributed by atoms with E-state index in [-0.39, 0.29) is 11.8 Å². The number of carbonyl (C=O) groups is 2. The lowest BCUT2D eigenvalue weighted by atomic mass is 10.1. The molecule has 1 aromatic heterocycles. The first kappa shape index (κ1) is 15.8. The van der Waals surface area contributed by atoms with Gasteiger partial charge in [-0.1, -0.05) is 0 Å². The molecule has 5 nitrogen and oxygen atoms in total. The summed E-state index contributed by atoms with van der Waals surface area (Å²) in [5.41, 5.74) is 2.01. The van der Waals surface area contributed by atoms with E-state index >= 15 is 0 Å². The van der Waals surface area contributed by atoms with E-state index in [1.54, 1.807) is 35.2 Å². The van der Waals surface area contributed by atoms with Crippen LogP contribution in [0.1, 0.15) is 40.3 Å². The summed E-state index contributed by atoms with van der Waals surface area (Å²) < 4.78 is 5.15. The number of aryl methyl sites for hydroxylation is 1. The molecule has 0 aliphatic heterocycles. The van der Waals surface area contributed by atoms with Crippen LogP contribution in [0.3, 0.4) is 0 Å². The lowest BCUT2D eigenvalue weighted by molar-refractivity contribution is 0.0773. The summed E-state index contributed by atoms with van der Waals surface area (Å²) in [6.45, 7) is 7.05. The standard InChI is InChI=1S/C17H20N2O3/c1-4-19(5-2)17(21)13-6-8-14(9-7-13)18-16(20)15-12(3)10-11-22-15/h6-11H,4-5H2,1-3H3,(H,18,20). The van der Waals surface area contributed by atoms with Gasteiger partial charge in [0.1, 0.15) is 0 Å². The summed E-state index contributed by atoms with van der Waals surface area (Å²) in [5, 5.41) is 2.75. The average Bonchev–Trinajstić information content (AvgIpc) is 2.95. The van der Waals surface area contributed by atoms with Gasteiger partial charge in [0, 0.05) is 29.9 Å². The third-order valence-corrected chi connectivity index (χ3v) is 3.51. The molecular formula is C17H20N2O3. The van der Waals surface area contributed by atoms with Gasteiger partial charge in [-0.25, -0.2) is 0 Å². The topological polar surface area (TPSA) is 62.6 Å². The van der Waals surface area contributed by atoms with Gasteiger partial charge in [0.25, 0.3) is 11.8 Å². The smallest absolute Gasteiger partial charge is 0.291 e. The summed E-state index contributed by atoms with van der Waals surface area (Å²) in [6.07, 6.45) is 1.48. The number of nitrogens with one attached hydrogen (secondary N) is 1. The molecule has 1 N–H and O–H groups in total. The second kappa shape index (κ2) is 6.93. The van der Waals surface area contributed by atoms with Crippen LogP contribution in [-0.4, -0.2) is 29.8 Å². The number of hydrogen-bond acceptors (Lipinski definition) is 3. The Morgan fingerprint density at radius 2 is 1.73 bits per heavy atom. The molecule has 0 atom stereocenters. The number of benzene rings is 1. The highest BCUT2D eigenvalue weighted by Crippen LogP contribution is 2.15. The molecule has 0 saturated heterocycles. The highest BCUT2D eigenvalue weighted by molar-refractivity contribution is 6.03. The monoisotopic (exact) mass is 300 g/mol. The second-order valence-electron chi connectivity index (χ2n) is 4.94. The molecule has 0 unspecified atom stereocenters. The van der Waals surface area contributed by atoms with E-state index in [4.69, 9.17) is 4.42 Å². The van der Waals surface area contributed by atoms with E-state index in [0.717, 1.165) is 5.56 Å². The minimum atomic E-state index is -0.301. The zero-order valence-electron chi connectivity index (χ0n) is 13.1. The van der Waals surface area contributed by atoms with Gasteiger partial charge in [-0.3, -0.25) is 9.59 Å². The first-order chi connectivity index (χ1) is 10.6. The molecule has 22 heavy (non-hydrogen) atoms. The summed E-state index contributed by atoms with van der Waals surface area (Å²) in [7, 11) is 0. The molecule has 0 fully saturated rings. The highest BCUT2D eigenvalue weighted by atomic mass is 16.3. The number of nitrogens with zero attached hydrogens (tertiary/aromatic N) is 1. The van der Waals surface area contributed by atoms with Gasteiger partial charge in [-0.05, 0) is 51.1 Å². The van der Waals surface area contributed by atoms with Gasteiger partial charge in [-0.2, -0.15) is 0 Å². The summed E-state index contributed by atoms with van der Waals surface area (Å²) in [4.78, 5) is 26.0. The molecule has 1 heterocycles. The zero-order chi connectivity index (χ0) is 16.1. The normalized spacial score (nSPS) is 10.3. The molecule has 1 aromatic carbocycles. The van der Waals surface area contributed by atoms with Crippen molar-refractivity contribution >= 4 is 17.5 Å². The van der Waals surface area contributed by atoms with Crippen molar-refractivity contribution in [1.29, 1.82) is 0 Å². The number of carbonyl (C=O) groups excluding carboxylic acids is 2. The molecule has 2 aromatic rings. The van der Waals surface area contributed by atoms with E-state index in [0.29, 0.717) is 30.1 Å². The molecule has 2 rings (SSSR count). The van der Waals surface area contributed by atoms with E-state index in [2.05, 4.69) is 5.32 Å². The third-order valence-electron chi connectivity index (χ3n) is 3.51. The fourth-order valence-electron chi connectivity index (χ4n) is 2.18. The fourth-order valence-corrected chi connectivity index (χ4v) is 2.18. The van der Waals surface area contributed by atoms with Crippen LogP contribution in [0.2, 0.25) is 0 Å². The van der Waals surface area contributed by atoms with Crippen molar-refractivity contribution in [1.82, 2.24) is 4.90 Å². The van der Waals surface area contributed by atoms with Crippen molar-refractivity contribution in [2.75, 3.05) is 18.4 Å². The van der Waals surface area contributed by atoms with Crippen molar-refractivity contribution in [2.45, 2.75) is 20.8 Å². The van der Waals surface area contributed by atoms with Crippen molar-refractivity contribution in [3.63, 3.8) is 0 Å². The largest absolute Gasteiger partial charge is 0.459 e. The molecule has 2 amide bonds. The maximum atomic E-state index is 12.2. The van der Waals surface area contributed by atoms with Crippen LogP contribution < -0.4 is 5.32 Å². The van der Waals surface area contributed by atoms with Crippen LogP contribution >= 0.6 is 0 Å². The fraction of sp³-hybridized carbons (Fsp3) is 0.294. The molecule has 0 saturated carbocycles. The first-order valence-corrected chi connectivity index (χ1v) is 7.31. The van der Waals surface area contributed by atoms with E-state index < -0.39 is 0 Å². The van der Waals surface area contributed by atoms with Crippen LogP contribution in [0.4, 0.5) is 5.69 Å². The van der Waals surface area contributed by atoms with Crippen LogP contribution in [0, 0.1) is 6.92 Å². The Morgan fingerprint density at radius 1 is 1.09 bits per heavy atom. The minimum absolute atomic E-state index is 0.00949. The van der Waals surface area contributed by atoms with Gasteiger partial charge in [0.2, 0.25) is 0 Å². The van der Waals surface area contributed by atoms with Gasteiger partial charge >= 0.3 is 0 Å². The first-order valence-electron chi connectivity index (χ1n) is 7.31. The lowest BCUT2D eigenvalue weighted by Crippen LogP contribution is -2.30. The Morgan fingerprint density at radius 3 is 2.23 bits per heavy atom. The van der Waals surface area contributed by atoms with Gasteiger partial charge < -0.3 is 14.6 Å². The molecule has 0 spiro atoms. The van der Waals surface area contributed by atoms with E-state index in [9.17, 15) is 9.59 Å². The molecule has 5 heteroatoms. The predicted octanol–water partition coefficient (Wildman–Crippen LogP) is 3.32. The van der Waals surface area contributed by atoms with E-state index in [1.807, 2.05) is 20.8 Å². The summed E-state index contributed by atoms with van der Waals surface area (Å²) >= 11 is 0. The lowest BCUT2D eigenvalue weighted by Gasteiger charge is -2.18. The van der Waals surface area contributed by atoms with Crippen molar-refractivity contribution in [2.24, 2.45) is 0 Å². The van der Waals surface area contributed by atoms with Crippen LogP contribution in [-0.2, 0) is 0 Å². The number of anilines is 1. The molecule has 0 aliphatic rings. The molecule has 0 radical (unpaired) electrons. The number of furan rings is 1. The molecule has 116 valence electrons. The second-order valence-corrected chi connectivity index (χ2v) is 4.94. The number of rotatable bonds is 5. The molecular weight excluding hydrogens is 280 g/mol. The Balaban J connectivity index is 2.08. The zero-order valence-corrected chi connectivity index (χ0v) is 13.1. The summed E-state index contributed by atoms with van der Waals surface area (Å²) in [6, 6.07) is 8.59. The SMILES string of the molecule is CCN(CC)C(=O)c1ccc(NC(=O)c2occc2C)cc1. The van der Waals surface area contributed by atoms with Crippen LogP contribution in [0.25, 0.3) is 0 Å². The van der Waals surface area contributed by atoms with Crippen molar-refractivity contribution < 1.29 is 14.0 Å². The maximum absolute atomic E-state index is 12.2. The third kappa shape index (κ3) is 3.36. The van der Waals surface area contributed by atoms with Crippen molar-refractivity contribution in [3.8, 4) is 0 Å². The predicted molar refractivity (Wildman–Crippen MR) is 85.1 cm³/mol. The molecule has 0 aliphatic carbocycles. The maximum Gasteiger partial charge on any atom is 0.291 e. The Hall–Kier alpha value is -2.56.